The lowest BCUT2D eigenvalue weighted by atomic mass is 9.92. The van der Waals surface area contributed by atoms with Gasteiger partial charge in [-0.3, -0.25) is 0 Å². The molecule has 4 N–H and O–H groups in total. The lowest BCUT2D eigenvalue weighted by Crippen LogP contribution is -2.29. The third-order valence-electron chi connectivity index (χ3n) is 7.28. The number of aromatic hydroxyl groups is 1. The van der Waals surface area contributed by atoms with Crippen LogP contribution >= 0.6 is 12.2 Å². The Morgan fingerprint density at radius 1 is 0.897 bits per heavy atom. The number of hydrogen-bond donors (Lipinski definition) is 4. The molecular weight excluding hydrogens is 511 g/mol. The minimum Gasteiger partial charge on any atom is -0.508 e. The van der Waals surface area contributed by atoms with Gasteiger partial charge in [0.1, 0.15) is 11.6 Å². The number of rotatable bonds is 9. The van der Waals surface area contributed by atoms with Crippen molar-refractivity contribution in [3.05, 3.63) is 120 Å². The Labute approximate surface area is 233 Å². The molecule has 0 radical (unpaired) electrons. The zero-order chi connectivity index (χ0) is 27.4. The molecule has 4 aromatic rings. The van der Waals surface area contributed by atoms with Crippen LogP contribution in [0.4, 0.5) is 10.1 Å². The van der Waals surface area contributed by atoms with E-state index in [0.29, 0.717) is 41.1 Å². The Morgan fingerprint density at radius 3 is 2.26 bits per heavy atom. The van der Waals surface area contributed by atoms with Crippen LogP contribution in [0.25, 0.3) is 11.1 Å². The first-order valence-corrected chi connectivity index (χ1v) is 13.5. The number of nitrogens with zero attached hydrogens (tertiary/aromatic N) is 1. The number of halogens is 1. The molecule has 1 aliphatic heterocycles. The first-order chi connectivity index (χ1) is 18.9. The molecule has 0 amide bonds. The van der Waals surface area contributed by atoms with Crippen molar-refractivity contribution in [3.63, 3.8) is 0 Å². The van der Waals surface area contributed by atoms with E-state index in [4.69, 9.17) is 12.2 Å². The van der Waals surface area contributed by atoms with Crippen LogP contribution in [0.15, 0.2) is 97.1 Å². The molecule has 1 fully saturated rings. The van der Waals surface area contributed by atoms with E-state index in [1.807, 2.05) is 47.4 Å². The monoisotopic (exact) mass is 542 g/mol. The molecule has 1 aliphatic rings. The van der Waals surface area contributed by atoms with E-state index in [1.165, 1.54) is 12.1 Å². The highest BCUT2D eigenvalue weighted by Gasteiger charge is 2.40. The Hall–Kier alpha value is -3.78. The predicted octanol–water partition coefficient (Wildman–Crippen LogP) is 6.40. The van der Waals surface area contributed by atoms with Crippen LogP contribution < -0.4 is 10.2 Å². The van der Waals surface area contributed by atoms with Crippen molar-refractivity contribution < 1.29 is 19.7 Å². The van der Waals surface area contributed by atoms with Crippen molar-refractivity contribution in [2.75, 3.05) is 4.90 Å². The van der Waals surface area contributed by atoms with E-state index in [2.05, 4.69) is 29.6 Å². The molecule has 0 bridgehead atoms. The highest BCUT2D eigenvalue weighted by Crippen LogP contribution is 2.41. The second-order valence-electron chi connectivity index (χ2n) is 9.83. The third kappa shape index (κ3) is 5.96. The van der Waals surface area contributed by atoms with E-state index < -0.39 is 6.10 Å². The van der Waals surface area contributed by atoms with Gasteiger partial charge in [0.15, 0.2) is 5.11 Å². The van der Waals surface area contributed by atoms with Crippen molar-refractivity contribution in [2.24, 2.45) is 0 Å². The van der Waals surface area contributed by atoms with E-state index in [-0.39, 0.29) is 30.3 Å². The number of nitrogens with one attached hydrogen (secondary N) is 1. The molecule has 0 aromatic heterocycles. The maximum Gasteiger partial charge on any atom is 0.174 e. The number of hydrogen-bond acceptors (Lipinski definition) is 4. The molecule has 0 aliphatic carbocycles. The average molecular weight is 543 g/mol. The summed E-state index contributed by atoms with van der Waals surface area (Å²) in [5, 5.41) is 35.1. The summed E-state index contributed by atoms with van der Waals surface area (Å²) < 4.78 is 13.3. The average Bonchev–Trinajstić information content (AvgIpc) is 3.29. The zero-order valence-electron chi connectivity index (χ0n) is 21.4. The number of thiocarbonyl (C=S) groups is 1. The first kappa shape index (κ1) is 26.8. The van der Waals surface area contributed by atoms with Gasteiger partial charge in [0.05, 0.1) is 24.8 Å². The van der Waals surface area contributed by atoms with E-state index in [0.717, 1.165) is 16.8 Å². The Morgan fingerprint density at radius 2 is 1.59 bits per heavy atom. The third-order valence-corrected chi connectivity index (χ3v) is 7.60. The molecule has 5 rings (SSSR count). The van der Waals surface area contributed by atoms with Crippen molar-refractivity contribution in [2.45, 2.75) is 44.1 Å². The second kappa shape index (κ2) is 11.9. The molecule has 1 saturated heterocycles. The number of aliphatic hydroxyl groups excluding tert-OH is 2. The number of phenolic OH excluding ortho intramolecular Hbond substituents is 1. The summed E-state index contributed by atoms with van der Waals surface area (Å²) >= 11 is 5.79. The summed E-state index contributed by atoms with van der Waals surface area (Å²) in [6.07, 6.45) is 1.18. The smallest absolute Gasteiger partial charge is 0.174 e. The highest BCUT2D eigenvalue weighted by molar-refractivity contribution is 7.80. The fraction of sp³-hybridized carbons (Fsp3) is 0.219. The van der Waals surface area contributed by atoms with Crippen molar-refractivity contribution in [1.82, 2.24) is 5.32 Å². The summed E-state index contributed by atoms with van der Waals surface area (Å²) in [4.78, 5) is 2.03. The summed E-state index contributed by atoms with van der Waals surface area (Å²) in [5.74, 6) is -0.235. The van der Waals surface area contributed by atoms with Crippen molar-refractivity contribution in [3.8, 4) is 16.9 Å². The van der Waals surface area contributed by atoms with E-state index in [1.54, 1.807) is 18.2 Å². The van der Waals surface area contributed by atoms with Gasteiger partial charge in [-0.15, -0.1) is 0 Å². The lowest BCUT2D eigenvalue weighted by molar-refractivity contribution is 0.162. The number of aliphatic hydroxyl groups is 2. The predicted molar refractivity (Wildman–Crippen MR) is 156 cm³/mol. The van der Waals surface area contributed by atoms with Gasteiger partial charge < -0.3 is 25.5 Å². The summed E-state index contributed by atoms with van der Waals surface area (Å²) in [6.45, 7) is -0.162. The SMILES string of the molecule is OCc1ccc(C2C(CCCC(O)c3ccc(F)cc3)NC(=S)N2c2ccc(-c3ccccc3)cc2)c(O)c1. The topological polar surface area (TPSA) is 76.0 Å². The van der Waals surface area contributed by atoms with Crippen molar-refractivity contribution >= 4 is 23.0 Å². The van der Waals surface area contributed by atoms with Gasteiger partial charge in [-0.05, 0) is 84.1 Å². The van der Waals surface area contributed by atoms with Gasteiger partial charge in [0.25, 0.3) is 0 Å². The zero-order valence-corrected chi connectivity index (χ0v) is 22.2. The van der Waals surface area contributed by atoms with Gasteiger partial charge >= 0.3 is 0 Å². The van der Waals surface area contributed by atoms with Crippen LogP contribution in [-0.2, 0) is 6.61 Å². The van der Waals surface area contributed by atoms with Crippen LogP contribution in [0, 0.1) is 5.82 Å². The van der Waals surface area contributed by atoms with Crippen LogP contribution in [-0.4, -0.2) is 26.5 Å². The number of phenols is 1. The van der Waals surface area contributed by atoms with E-state index in [9.17, 15) is 19.7 Å². The van der Waals surface area contributed by atoms with Gasteiger partial charge in [-0.1, -0.05) is 66.7 Å². The Balaban J connectivity index is 1.39. The van der Waals surface area contributed by atoms with Gasteiger partial charge in [-0.25, -0.2) is 4.39 Å². The summed E-state index contributed by atoms with van der Waals surface area (Å²) in [7, 11) is 0. The minimum absolute atomic E-state index is 0.0975. The highest BCUT2D eigenvalue weighted by atomic mass is 32.1. The number of anilines is 1. The maximum atomic E-state index is 13.3. The van der Waals surface area contributed by atoms with E-state index >= 15 is 0 Å². The molecule has 7 heteroatoms. The van der Waals surface area contributed by atoms with Gasteiger partial charge in [0.2, 0.25) is 0 Å². The largest absolute Gasteiger partial charge is 0.508 e. The maximum absolute atomic E-state index is 13.3. The fourth-order valence-electron chi connectivity index (χ4n) is 5.24. The molecule has 4 aromatic carbocycles. The molecule has 0 spiro atoms. The normalized spacial score (nSPS) is 17.7. The quantitative estimate of drug-likeness (QED) is 0.184. The molecule has 1 heterocycles. The van der Waals surface area contributed by atoms with Crippen molar-refractivity contribution in [1.29, 1.82) is 0 Å². The van der Waals surface area contributed by atoms with Gasteiger partial charge in [0, 0.05) is 11.3 Å². The minimum atomic E-state index is -0.698. The molecule has 3 atom stereocenters. The van der Waals surface area contributed by atoms with Crippen LogP contribution in [0.3, 0.4) is 0 Å². The standard InChI is InChI=1S/C32H31FN2O3S/c33-25-14-10-24(11-15-25)29(37)8-4-7-28-31(27-18-9-21(20-36)19-30(27)38)35(32(39)34-28)26-16-12-23(13-17-26)22-5-2-1-3-6-22/h1-3,5-6,9-19,28-29,31,36-38H,4,7-8,20H2,(H,34,39). The lowest BCUT2D eigenvalue weighted by Gasteiger charge is -2.29. The van der Waals surface area contributed by atoms with Crippen LogP contribution in [0.1, 0.15) is 48.1 Å². The van der Waals surface area contributed by atoms with Crippen LogP contribution in [0.2, 0.25) is 0 Å². The molecule has 3 unspecified atom stereocenters. The van der Waals surface area contributed by atoms with Crippen LogP contribution in [0.5, 0.6) is 5.75 Å². The number of benzene rings is 4. The van der Waals surface area contributed by atoms with Gasteiger partial charge in [-0.2, -0.15) is 0 Å². The molecular formula is C32H31FN2O3S. The summed E-state index contributed by atoms with van der Waals surface area (Å²) in [5.41, 5.74) is 5.13. The Bertz CT molecular complexity index is 1410. The fourth-order valence-corrected chi connectivity index (χ4v) is 5.61. The molecule has 0 saturated carbocycles. The Kier molecular flexibility index (Phi) is 8.21. The first-order valence-electron chi connectivity index (χ1n) is 13.1. The summed E-state index contributed by atoms with van der Waals surface area (Å²) in [6, 6.07) is 29.1. The molecule has 5 nitrogen and oxygen atoms in total. The second-order valence-corrected chi connectivity index (χ2v) is 10.2. The molecule has 200 valence electrons. The molecule has 39 heavy (non-hydrogen) atoms.